The number of carbonyl (C=O) groups is 1. The fourth-order valence-corrected chi connectivity index (χ4v) is 4.02. The number of amidine groups is 1. The number of benzene rings is 2. The molecule has 0 spiro atoms. The summed E-state index contributed by atoms with van der Waals surface area (Å²) in [4.78, 5) is 20.9. The highest BCUT2D eigenvalue weighted by Gasteiger charge is 2.32. The zero-order chi connectivity index (χ0) is 20.6. The van der Waals surface area contributed by atoms with E-state index >= 15 is 0 Å². The molecule has 0 bridgehead atoms. The van der Waals surface area contributed by atoms with Crippen molar-refractivity contribution in [1.82, 2.24) is 9.80 Å². The van der Waals surface area contributed by atoms with Crippen molar-refractivity contribution in [1.29, 1.82) is 0 Å². The molecule has 0 amide bonds. The molecule has 1 saturated heterocycles. The zero-order valence-electron chi connectivity index (χ0n) is 16.6. The van der Waals surface area contributed by atoms with Crippen LogP contribution in [-0.4, -0.2) is 59.4 Å². The third-order valence-corrected chi connectivity index (χ3v) is 5.86. The molecule has 6 nitrogen and oxygen atoms in total. The smallest absolute Gasteiger partial charge is 0.310 e. The summed E-state index contributed by atoms with van der Waals surface area (Å²) in [7, 11) is 0. The summed E-state index contributed by atoms with van der Waals surface area (Å²) in [6.07, 6.45) is 0. The lowest BCUT2D eigenvalue weighted by atomic mass is 9.93. The van der Waals surface area contributed by atoms with Crippen molar-refractivity contribution in [2.75, 3.05) is 32.7 Å². The van der Waals surface area contributed by atoms with E-state index in [0.717, 1.165) is 59.2 Å². The number of carboxylic acid groups (broad SMARTS) is 1. The summed E-state index contributed by atoms with van der Waals surface area (Å²) in [6, 6.07) is 13.8. The fourth-order valence-electron chi connectivity index (χ4n) is 3.68. The minimum atomic E-state index is -0.762. The van der Waals surface area contributed by atoms with Gasteiger partial charge in [-0.15, -0.1) is 0 Å². The SMILES string of the molecule is CC(C)(CN1CCN(C2=Nc3ccc(Br)cc3Oc3ccccc32)CC1)C(=O)O. The van der Waals surface area contributed by atoms with E-state index in [1.165, 1.54) is 0 Å². The Morgan fingerprint density at radius 2 is 1.86 bits per heavy atom. The number of aliphatic imine (C=N–C) groups is 1. The summed E-state index contributed by atoms with van der Waals surface area (Å²) < 4.78 is 7.12. The second kappa shape index (κ2) is 7.80. The molecule has 0 aliphatic carbocycles. The number of nitrogens with zero attached hydrogens (tertiary/aromatic N) is 3. The Bertz CT molecular complexity index is 966. The highest BCUT2D eigenvalue weighted by Crippen LogP contribution is 2.39. The Morgan fingerprint density at radius 1 is 1.14 bits per heavy atom. The van der Waals surface area contributed by atoms with Gasteiger partial charge < -0.3 is 14.7 Å². The minimum Gasteiger partial charge on any atom is -0.481 e. The molecule has 2 heterocycles. The average molecular weight is 458 g/mol. The van der Waals surface area contributed by atoms with Crippen molar-refractivity contribution in [3.05, 3.63) is 52.5 Å². The van der Waals surface area contributed by atoms with E-state index in [1.54, 1.807) is 13.8 Å². The Balaban J connectivity index is 1.59. The second-order valence-electron chi connectivity index (χ2n) is 8.10. The van der Waals surface area contributed by atoms with E-state index < -0.39 is 11.4 Å². The zero-order valence-corrected chi connectivity index (χ0v) is 18.1. The van der Waals surface area contributed by atoms with Crippen molar-refractivity contribution in [3.63, 3.8) is 0 Å². The molecule has 0 atom stereocenters. The van der Waals surface area contributed by atoms with Crippen LogP contribution in [0.5, 0.6) is 11.5 Å². The monoisotopic (exact) mass is 457 g/mol. The average Bonchev–Trinajstić information content (AvgIpc) is 2.84. The largest absolute Gasteiger partial charge is 0.481 e. The molecule has 1 fully saturated rings. The lowest BCUT2D eigenvalue weighted by Crippen LogP contribution is -2.52. The molecule has 0 unspecified atom stereocenters. The first-order valence-electron chi connectivity index (χ1n) is 9.70. The Morgan fingerprint density at radius 3 is 2.59 bits per heavy atom. The molecule has 152 valence electrons. The molecule has 7 heteroatoms. The first-order chi connectivity index (χ1) is 13.8. The van der Waals surface area contributed by atoms with Gasteiger partial charge in [-0.3, -0.25) is 9.69 Å². The second-order valence-corrected chi connectivity index (χ2v) is 9.01. The molecule has 1 N–H and O–H groups in total. The number of rotatable bonds is 3. The normalized spacial score (nSPS) is 16.9. The predicted octanol–water partition coefficient (Wildman–Crippen LogP) is 4.36. The van der Waals surface area contributed by atoms with E-state index in [4.69, 9.17) is 9.73 Å². The van der Waals surface area contributed by atoms with Gasteiger partial charge in [-0.05, 0) is 44.2 Å². The summed E-state index contributed by atoms with van der Waals surface area (Å²) in [6.45, 7) is 7.26. The first-order valence-corrected chi connectivity index (χ1v) is 10.5. The van der Waals surface area contributed by atoms with Crippen molar-refractivity contribution >= 4 is 33.4 Å². The van der Waals surface area contributed by atoms with Crippen molar-refractivity contribution < 1.29 is 14.6 Å². The minimum absolute atomic E-state index is 0.541. The molecule has 0 aromatic heterocycles. The number of ether oxygens (including phenoxy) is 1. The topological polar surface area (TPSA) is 65.4 Å². The van der Waals surface area contributed by atoms with Crippen LogP contribution in [0.2, 0.25) is 0 Å². The number of hydrogen-bond donors (Lipinski definition) is 1. The lowest BCUT2D eigenvalue weighted by Gasteiger charge is -2.38. The van der Waals surface area contributed by atoms with Gasteiger partial charge in [0.25, 0.3) is 0 Å². The van der Waals surface area contributed by atoms with Crippen LogP contribution in [0.1, 0.15) is 19.4 Å². The molecule has 0 radical (unpaired) electrons. The molecule has 2 aromatic rings. The summed E-state index contributed by atoms with van der Waals surface area (Å²) in [5, 5.41) is 9.41. The first kappa shape index (κ1) is 19.9. The Labute approximate surface area is 178 Å². The van der Waals surface area contributed by atoms with Gasteiger partial charge in [0, 0.05) is 37.2 Å². The number of para-hydroxylation sites is 1. The number of aliphatic carboxylic acids is 1. The summed E-state index contributed by atoms with van der Waals surface area (Å²) in [5.41, 5.74) is 1.02. The van der Waals surface area contributed by atoms with Crippen LogP contribution < -0.4 is 4.74 Å². The van der Waals surface area contributed by atoms with Gasteiger partial charge in [-0.1, -0.05) is 28.1 Å². The van der Waals surface area contributed by atoms with Gasteiger partial charge in [-0.25, -0.2) is 4.99 Å². The van der Waals surface area contributed by atoms with Gasteiger partial charge in [0.1, 0.15) is 17.3 Å². The van der Waals surface area contributed by atoms with Crippen LogP contribution >= 0.6 is 15.9 Å². The van der Waals surface area contributed by atoms with Crippen LogP contribution in [-0.2, 0) is 4.79 Å². The number of halogens is 1. The van der Waals surface area contributed by atoms with Crippen LogP contribution in [0.15, 0.2) is 51.9 Å². The molecule has 2 aromatic carbocycles. The molecule has 0 saturated carbocycles. The third-order valence-electron chi connectivity index (χ3n) is 5.37. The maximum Gasteiger partial charge on any atom is 0.310 e. The van der Waals surface area contributed by atoms with Crippen LogP contribution in [0.3, 0.4) is 0 Å². The molecule has 2 aliphatic heterocycles. The van der Waals surface area contributed by atoms with E-state index in [9.17, 15) is 9.90 Å². The third kappa shape index (κ3) is 4.16. The Hall–Kier alpha value is -2.38. The van der Waals surface area contributed by atoms with E-state index in [1.807, 2.05) is 42.5 Å². The Kier molecular flexibility index (Phi) is 5.36. The van der Waals surface area contributed by atoms with E-state index in [-0.39, 0.29) is 0 Å². The molecule has 2 aliphatic rings. The molecule has 29 heavy (non-hydrogen) atoms. The predicted molar refractivity (Wildman–Crippen MR) is 116 cm³/mol. The molecular weight excluding hydrogens is 434 g/mol. The van der Waals surface area contributed by atoms with Crippen molar-refractivity contribution in [2.45, 2.75) is 13.8 Å². The quantitative estimate of drug-likeness (QED) is 0.741. The highest BCUT2D eigenvalue weighted by molar-refractivity contribution is 9.10. The highest BCUT2D eigenvalue weighted by atomic mass is 79.9. The number of hydrogen-bond acceptors (Lipinski definition) is 5. The number of carboxylic acids is 1. The fraction of sp³-hybridized carbons (Fsp3) is 0.364. The van der Waals surface area contributed by atoms with Gasteiger partial charge in [-0.2, -0.15) is 0 Å². The lowest BCUT2D eigenvalue weighted by molar-refractivity contribution is -0.148. The standard InChI is InChI=1S/C22H24BrN3O3/c1-22(2,21(27)28)14-25-9-11-26(12-10-25)20-16-5-3-4-6-18(16)29-19-13-15(23)7-8-17(19)24-20/h3-8,13H,9-12,14H2,1-2H3,(H,27,28). The van der Waals surface area contributed by atoms with Crippen LogP contribution in [0.25, 0.3) is 0 Å². The van der Waals surface area contributed by atoms with Crippen molar-refractivity contribution in [3.8, 4) is 11.5 Å². The summed E-state index contributed by atoms with van der Waals surface area (Å²) >= 11 is 3.50. The van der Waals surface area contributed by atoms with Gasteiger partial charge in [0.2, 0.25) is 0 Å². The summed E-state index contributed by atoms with van der Waals surface area (Å²) in [5.74, 6) is 1.65. The van der Waals surface area contributed by atoms with Gasteiger partial charge >= 0.3 is 5.97 Å². The van der Waals surface area contributed by atoms with Crippen LogP contribution in [0, 0.1) is 5.41 Å². The molecular formula is C22H24BrN3O3. The van der Waals surface area contributed by atoms with Gasteiger partial charge in [0.15, 0.2) is 5.75 Å². The van der Waals surface area contributed by atoms with E-state index in [2.05, 4.69) is 25.7 Å². The number of piperazine rings is 1. The van der Waals surface area contributed by atoms with Crippen molar-refractivity contribution in [2.24, 2.45) is 10.4 Å². The van der Waals surface area contributed by atoms with Gasteiger partial charge in [0.05, 0.1) is 11.0 Å². The maximum absolute atomic E-state index is 11.4. The number of fused-ring (bicyclic) bond motifs is 2. The van der Waals surface area contributed by atoms with E-state index in [0.29, 0.717) is 6.54 Å². The maximum atomic E-state index is 11.4. The van der Waals surface area contributed by atoms with Crippen LogP contribution in [0.4, 0.5) is 5.69 Å². The molecule has 4 rings (SSSR count).